The summed E-state index contributed by atoms with van der Waals surface area (Å²) >= 11 is 0. The number of hydrogen-bond donors (Lipinski definition) is 0. The van der Waals surface area contributed by atoms with Crippen molar-refractivity contribution in [3.63, 3.8) is 0 Å². The molecule has 2 heterocycles. The van der Waals surface area contributed by atoms with Gasteiger partial charge in [0.25, 0.3) is 0 Å². The van der Waals surface area contributed by atoms with Crippen molar-refractivity contribution in [1.82, 2.24) is 4.90 Å². The van der Waals surface area contributed by atoms with E-state index >= 15 is 0 Å². The molecule has 0 spiro atoms. The lowest BCUT2D eigenvalue weighted by molar-refractivity contribution is 0.112. The van der Waals surface area contributed by atoms with Gasteiger partial charge in [-0.25, -0.2) is 4.39 Å². The molecule has 0 amide bonds. The Morgan fingerprint density at radius 1 is 1.12 bits per heavy atom. The van der Waals surface area contributed by atoms with Crippen molar-refractivity contribution < 1.29 is 9.18 Å². The molecule has 2 atom stereocenters. The fourth-order valence-corrected chi connectivity index (χ4v) is 4.00. The molecule has 2 aliphatic rings. The van der Waals surface area contributed by atoms with E-state index in [9.17, 15) is 9.18 Å². The van der Waals surface area contributed by atoms with Crippen molar-refractivity contribution in [3.8, 4) is 0 Å². The summed E-state index contributed by atoms with van der Waals surface area (Å²) in [6.45, 7) is 0.971. The van der Waals surface area contributed by atoms with Crippen LogP contribution in [0.5, 0.6) is 0 Å². The normalized spacial score (nSPS) is 23.1. The van der Waals surface area contributed by atoms with Gasteiger partial charge in [0, 0.05) is 18.6 Å². The number of carbonyl (C=O) groups is 1. The predicted octanol–water partition coefficient (Wildman–Crippen LogP) is 4.46. The minimum atomic E-state index is -0.428. The largest absolute Gasteiger partial charge is 0.298 e. The molecular formula is C21H20FNO. The fraction of sp³-hybridized carbons (Fsp3) is 0.286. The van der Waals surface area contributed by atoms with E-state index in [-0.39, 0.29) is 5.56 Å². The highest BCUT2D eigenvalue weighted by molar-refractivity contribution is 5.77. The van der Waals surface area contributed by atoms with Crippen LogP contribution in [0, 0.1) is 5.82 Å². The van der Waals surface area contributed by atoms with Crippen LogP contribution >= 0.6 is 0 Å². The lowest BCUT2D eigenvalue weighted by atomic mass is 9.93. The third kappa shape index (κ3) is 2.80. The van der Waals surface area contributed by atoms with Crippen LogP contribution in [-0.2, 0) is 6.54 Å². The van der Waals surface area contributed by atoms with E-state index in [1.165, 1.54) is 23.6 Å². The Labute approximate surface area is 141 Å². The Kier molecular flexibility index (Phi) is 4.03. The molecular weight excluding hydrogens is 301 g/mol. The molecule has 2 nitrogen and oxygen atoms in total. The second-order valence-electron chi connectivity index (χ2n) is 6.71. The number of rotatable bonds is 4. The van der Waals surface area contributed by atoms with Gasteiger partial charge in [-0.15, -0.1) is 0 Å². The molecule has 2 bridgehead atoms. The number of hydrogen-bond acceptors (Lipinski definition) is 2. The number of aldehydes is 1. The van der Waals surface area contributed by atoms with Gasteiger partial charge in [0.2, 0.25) is 0 Å². The quantitative estimate of drug-likeness (QED) is 0.775. The molecule has 1 saturated heterocycles. The Balaban J connectivity index is 1.57. The molecule has 0 radical (unpaired) electrons. The average Bonchev–Trinajstić information content (AvgIpc) is 2.83. The summed E-state index contributed by atoms with van der Waals surface area (Å²) in [5.41, 5.74) is 3.59. The number of halogens is 1. The molecule has 2 aromatic rings. The standard InChI is InChI=1S/C21H20FNO/c22-21-12-16(6-7-17(21)14-24)18-10-19-8-9-20(11-18)23(19)13-15-4-2-1-3-5-15/h1-7,10,12,14,19-20H,8-9,11,13H2. The Hall–Kier alpha value is -2.26. The van der Waals surface area contributed by atoms with Crippen molar-refractivity contribution in [2.75, 3.05) is 0 Å². The second-order valence-corrected chi connectivity index (χ2v) is 6.71. The van der Waals surface area contributed by atoms with Gasteiger partial charge in [0.05, 0.1) is 5.56 Å². The van der Waals surface area contributed by atoms with Gasteiger partial charge in [-0.1, -0.05) is 42.5 Å². The summed E-state index contributed by atoms with van der Waals surface area (Å²) in [6, 6.07) is 16.4. The zero-order chi connectivity index (χ0) is 16.5. The van der Waals surface area contributed by atoms with Crippen molar-refractivity contribution in [2.24, 2.45) is 0 Å². The minimum absolute atomic E-state index is 0.129. The zero-order valence-electron chi connectivity index (χ0n) is 13.5. The smallest absolute Gasteiger partial charge is 0.152 e. The maximum absolute atomic E-state index is 13.9. The van der Waals surface area contributed by atoms with Gasteiger partial charge in [0.1, 0.15) is 5.82 Å². The summed E-state index contributed by atoms with van der Waals surface area (Å²) in [4.78, 5) is 13.3. The fourth-order valence-electron chi connectivity index (χ4n) is 4.00. The molecule has 0 aromatic heterocycles. The summed E-state index contributed by atoms with van der Waals surface area (Å²) < 4.78 is 13.9. The van der Waals surface area contributed by atoms with Crippen molar-refractivity contribution in [3.05, 3.63) is 77.1 Å². The first-order valence-electron chi connectivity index (χ1n) is 8.50. The first-order chi connectivity index (χ1) is 11.7. The van der Waals surface area contributed by atoms with Gasteiger partial charge < -0.3 is 0 Å². The molecule has 3 heteroatoms. The number of nitrogens with zero attached hydrogens (tertiary/aromatic N) is 1. The molecule has 0 N–H and O–H groups in total. The number of fused-ring (bicyclic) bond motifs is 2. The molecule has 2 unspecified atom stereocenters. The van der Waals surface area contributed by atoms with Crippen LogP contribution in [-0.4, -0.2) is 23.3 Å². The highest BCUT2D eigenvalue weighted by Gasteiger charge is 2.36. The van der Waals surface area contributed by atoms with Crippen molar-refractivity contribution in [2.45, 2.75) is 37.9 Å². The Bertz CT molecular complexity index is 784. The van der Waals surface area contributed by atoms with Crippen LogP contribution in [0.25, 0.3) is 5.57 Å². The van der Waals surface area contributed by atoms with Crippen LogP contribution < -0.4 is 0 Å². The van der Waals surface area contributed by atoms with Gasteiger partial charge in [-0.05, 0) is 48.1 Å². The van der Waals surface area contributed by atoms with Crippen LogP contribution in [0.3, 0.4) is 0 Å². The van der Waals surface area contributed by atoms with Gasteiger partial charge in [0.15, 0.2) is 6.29 Å². The topological polar surface area (TPSA) is 20.3 Å². The molecule has 122 valence electrons. The van der Waals surface area contributed by atoms with Gasteiger partial charge in [-0.2, -0.15) is 0 Å². The van der Waals surface area contributed by atoms with E-state index in [4.69, 9.17) is 0 Å². The van der Waals surface area contributed by atoms with Gasteiger partial charge in [-0.3, -0.25) is 9.69 Å². The molecule has 2 aliphatic heterocycles. The lowest BCUT2D eigenvalue weighted by Crippen LogP contribution is -2.37. The maximum atomic E-state index is 13.9. The van der Waals surface area contributed by atoms with Gasteiger partial charge >= 0.3 is 0 Å². The first kappa shape index (κ1) is 15.3. The van der Waals surface area contributed by atoms with Crippen LogP contribution in [0.15, 0.2) is 54.6 Å². The number of benzene rings is 2. The van der Waals surface area contributed by atoms with E-state index in [2.05, 4.69) is 35.2 Å². The van der Waals surface area contributed by atoms with E-state index in [1.54, 1.807) is 6.07 Å². The SMILES string of the molecule is O=Cc1ccc(C2=CC3CCC(C2)N3Cc2ccccc2)cc1F. The van der Waals surface area contributed by atoms with E-state index < -0.39 is 5.82 Å². The Morgan fingerprint density at radius 3 is 2.67 bits per heavy atom. The summed E-state index contributed by atoms with van der Waals surface area (Å²) in [6.07, 6.45) is 6.16. The molecule has 0 aliphatic carbocycles. The Morgan fingerprint density at radius 2 is 1.96 bits per heavy atom. The third-order valence-corrected chi connectivity index (χ3v) is 5.25. The van der Waals surface area contributed by atoms with Crippen LogP contribution in [0.2, 0.25) is 0 Å². The number of carbonyl (C=O) groups excluding carboxylic acids is 1. The van der Waals surface area contributed by atoms with Crippen molar-refractivity contribution in [1.29, 1.82) is 0 Å². The van der Waals surface area contributed by atoms with E-state index in [1.807, 2.05) is 12.1 Å². The zero-order valence-corrected chi connectivity index (χ0v) is 13.5. The highest BCUT2D eigenvalue weighted by atomic mass is 19.1. The predicted molar refractivity (Wildman–Crippen MR) is 93.2 cm³/mol. The first-order valence-corrected chi connectivity index (χ1v) is 8.50. The second kappa shape index (κ2) is 6.33. The monoisotopic (exact) mass is 321 g/mol. The summed E-state index contributed by atoms with van der Waals surface area (Å²) in [5.74, 6) is -0.428. The lowest BCUT2D eigenvalue weighted by Gasteiger charge is -2.34. The van der Waals surface area contributed by atoms with Crippen molar-refractivity contribution >= 4 is 11.9 Å². The molecule has 2 aromatic carbocycles. The molecule has 0 saturated carbocycles. The summed E-state index contributed by atoms with van der Waals surface area (Å²) in [7, 11) is 0. The highest BCUT2D eigenvalue weighted by Crippen LogP contribution is 2.39. The third-order valence-electron chi connectivity index (χ3n) is 5.25. The minimum Gasteiger partial charge on any atom is -0.298 e. The maximum Gasteiger partial charge on any atom is 0.152 e. The van der Waals surface area contributed by atoms with E-state index in [0.29, 0.717) is 18.4 Å². The summed E-state index contributed by atoms with van der Waals surface area (Å²) in [5, 5.41) is 0. The average molecular weight is 321 g/mol. The molecule has 1 fully saturated rings. The molecule has 4 rings (SSSR count). The molecule has 24 heavy (non-hydrogen) atoms. The van der Waals surface area contributed by atoms with Crippen LogP contribution in [0.1, 0.15) is 40.7 Å². The van der Waals surface area contributed by atoms with E-state index in [0.717, 1.165) is 24.9 Å². The van der Waals surface area contributed by atoms with Crippen LogP contribution in [0.4, 0.5) is 4.39 Å².